The fourth-order valence-electron chi connectivity index (χ4n) is 4.03. The van der Waals surface area contributed by atoms with Crippen molar-refractivity contribution >= 4 is 39.7 Å². The molecule has 10 nitrogen and oxygen atoms in total. The van der Waals surface area contributed by atoms with Crippen LogP contribution in [0.5, 0.6) is 5.88 Å². The number of aromatic hydroxyl groups is 1. The zero-order valence-electron chi connectivity index (χ0n) is 21.9. The van der Waals surface area contributed by atoms with Crippen molar-refractivity contribution in [3.8, 4) is 5.88 Å². The number of nitrogens with zero attached hydrogens (tertiary/aromatic N) is 4. The average molecular weight is 534 g/mol. The van der Waals surface area contributed by atoms with Crippen LogP contribution in [0.2, 0.25) is 0 Å². The van der Waals surface area contributed by atoms with Gasteiger partial charge in [-0.2, -0.15) is 4.37 Å². The first-order chi connectivity index (χ1) is 18.2. The number of anilines is 2. The Hall–Kier alpha value is -4.25. The molecular weight excluding hydrogens is 502 g/mol. The zero-order chi connectivity index (χ0) is 27.4. The van der Waals surface area contributed by atoms with E-state index in [1.807, 2.05) is 46.8 Å². The second-order valence-corrected chi connectivity index (χ2v) is 9.90. The van der Waals surface area contributed by atoms with Crippen molar-refractivity contribution in [3.05, 3.63) is 77.1 Å². The van der Waals surface area contributed by atoms with Crippen LogP contribution in [0.4, 0.5) is 10.8 Å². The second-order valence-electron chi connectivity index (χ2n) is 9.12. The van der Waals surface area contributed by atoms with E-state index in [1.165, 1.54) is 0 Å². The molecule has 0 aliphatic carbocycles. The van der Waals surface area contributed by atoms with Crippen LogP contribution in [0.1, 0.15) is 73.0 Å². The van der Waals surface area contributed by atoms with Gasteiger partial charge in [-0.15, -0.1) is 0 Å². The van der Waals surface area contributed by atoms with Gasteiger partial charge in [-0.1, -0.05) is 31.1 Å². The Labute approximate surface area is 225 Å². The van der Waals surface area contributed by atoms with Crippen molar-refractivity contribution < 1.29 is 14.4 Å². The third kappa shape index (κ3) is 5.67. The van der Waals surface area contributed by atoms with Gasteiger partial charge in [0.15, 0.2) is 0 Å². The van der Waals surface area contributed by atoms with E-state index in [0.29, 0.717) is 10.8 Å². The molecule has 0 radical (unpaired) electrons. The molecule has 11 heteroatoms. The number of hydrogen-bond donors (Lipinski definition) is 4. The van der Waals surface area contributed by atoms with Gasteiger partial charge in [0.2, 0.25) is 5.88 Å². The fourth-order valence-corrected chi connectivity index (χ4v) is 4.74. The van der Waals surface area contributed by atoms with Crippen LogP contribution in [0.3, 0.4) is 0 Å². The van der Waals surface area contributed by atoms with Crippen molar-refractivity contribution in [1.82, 2.24) is 24.4 Å². The average Bonchev–Trinajstić information content (AvgIpc) is 3.64. The summed E-state index contributed by atoms with van der Waals surface area (Å²) in [6, 6.07) is 8.92. The fraction of sp³-hybridized carbons (Fsp3) is 0.296. The van der Waals surface area contributed by atoms with E-state index in [-0.39, 0.29) is 40.8 Å². The molecule has 4 aromatic rings. The number of hydrogen-bond acceptors (Lipinski definition) is 9. The lowest BCUT2D eigenvalue weighted by Gasteiger charge is -2.14. The molecule has 4 N–H and O–H groups in total. The van der Waals surface area contributed by atoms with Crippen molar-refractivity contribution in [1.29, 1.82) is 5.41 Å². The summed E-state index contributed by atoms with van der Waals surface area (Å²) in [6.45, 7) is 9.91. The minimum absolute atomic E-state index is 0.0624. The molecule has 38 heavy (non-hydrogen) atoms. The summed E-state index contributed by atoms with van der Waals surface area (Å²) in [4.78, 5) is 17.9. The Morgan fingerprint density at radius 1 is 1.29 bits per heavy atom. The molecule has 2 unspecified atom stereocenters. The monoisotopic (exact) mass is 533 g/mol. The summed E-state index contributed by atoms with van der Waals surface area (Å²) in [6.07, 6.45) is 6.21. The first-order valence-corrected chi connectivity index (χ1v) is 13.1. The molecule has 2 atom stereocenters. The number of rotatable bonds is 9. The summed E-state index contributed by atoms with van der Waals surface area (Å²) >= 11 is 1.02. The lowest BCUT2D eigenvalue weighted by molar-refractivity contribution is 0.0953. The highest BCUT2D eigenvalue weighted by molar-refractivity contribution is 7.11. The zero-order valence-corrected chi connectivity index (χ0v) is 22.8. The molecule has 0 bridgehead atoms. The van der Waals surface area contributed by atoms with E-state index >= 15 is 0 Å². The highest BCUT2D eigenvalue weighted by atomic mass is 32.1. The van der Waals surface area contributed by atoms with E-state index < -0.39 is 0 Å². The highest BCUT2D eigenvalue weighted by Crippen LogP contribution is 2.32. The SMILES string of the molecule is CCC(C)NC(=N)c1c(O)nsc1Nc1cccc(C(=O)n2ccc(/C(C)=C\C(C)c3ccon3)c2C)n1. The number of aromatic nitrogens is 4. The van der Waals surface area contributed by atoms with Gasteiger partial charge in [0.25, 0.3) is 5.91 Å². The van der Waals surface area contributed by atoms with Crippen molar-refractivity contribution in [2.45, 2.75) is 53.0 Å². The predicted octanol–water partition coefficient (Wildman–Crippen LogP) is 5.69. The van der Waals surface area contributed by atoms with Crippen LogP contribution in [0.25, 0.3) is 5.57 Å². The van der Waals surface area contributed by atoms with Crippen LogP contribution in [0, 0.1) is 12.3 Å². The number of pyridine rings is 1. The van der Waals surface area contributed by atoms with Crippen LogP contribution in [-0.2, 0) is 0 Å². The maximum Gasteiger partial charge on any atom is 0.280 e. The van der Waals surface area contributed by atoms with Crippen molar-refractivity contribution in [2.75, 3.05) is 5.32 Å². The standard InChI is InChI=1S/C27H31N7O3S/c1-6-17(4)29-24(28)23-25(35)33-38-26(23)31-22-9-7-8-21(30-22)27(36)34-12-10-19(18(34)5)15(2)14-16(3)20-11-13-37-32-20/h7-14,16-17H,6H2,1-5H3,(H2,28,29)(H,30,31)(H,33,35)/b15-14-. The quantitative estimate of drug-likeness (QED) is 0.159. The molecule has 0 aliphatic rings. The highest BCUT2D eigenvalue weighted by Gasteiger charge is 2.21. The first-order valence-electron chi connectivity index (χ1n) is 12.3. The Morgan fingerprint density at radius 2 is 2.08 bits per heavy atom. The van der Waals surface area contributed by atoms with Crippen LogP contribution in [0.15, 0.2) is 53.4 Å². The normalized spacial score (nSPS) is 13.2. The van der Waals surface area contributed by atoms with Gasteiger partial charge in [-0.05, 0) is 68.1 Å². The molecule has 4 aromatic heterocycles. The predicted molar refractivity (Wildman–Crippen MR) is 148 cm³/mol. The summed E-state index contributed by atoms with van der Waals surface area (Å²) in [5, 5.41) is 29.2. The van der Waals surface area contributed by atoms with E-state index in [0.717, 1.165) is 40.5 Å². The van der Waals surface area contributed by atoms with Crippen LogP contribution < -0.4 is 10.6 Å². The number of nitrogens with one attached hydrogen (secondary N) is 3. The molecule has 0 saturated carbocycles. The summed E-state index contributed by atoms with van der Waals surface area (Å²) in [5.41, 5.74) is 4.14. The molecule has 0 saturated heterocycles. The van der Waals surface area contributed by atoms with Gasteiger partial charge >= 0.3 is 0 Å². The van der Waals surface area contributed by atoms with Gasteiger partial charge in [0.05, 0.1) is 5.69 Å². The third-order valence-electron chi connectivity index (χ3n) is 6.35. The molecule has 4 rings (SSSR count). The Morgan fingerprint density at radius 3 is 2.79 bits per heavy atom. The van der Waals surface area contributed by atoms with Gasteiger partial charge in [-0.3, -0.25) is 14.8 Å². The molecule has 0 spiro atoms. The minimum atomic E-state index is -0.270. The molecule has 0 fully saturated rings. The molecule has 0 amide bonds. The van der Waals surface area contributed by atoms with Gasteiger partial charge < -0.3 is 20.3 Å². The van der Waals surface area contributed by atoms with Gasteiger partial charge in [0.1, 0.15) is 34.2 Å². The van der Waals surface area contributed by atoms with E-state index in [9.17, 15) is 9.90 Å². The number of carbonyl (C=O) groups is 1. The third-order valence-corrected chi connectivity index (χ3v) is 7.10. The van der Waals surface area contributed by atoms with Crippen molar-refractivity contribution in [2.24, 2.45) is 0 Å². The molecule has 4 heterocycles. The lowest BCUT2D eigenvalue weighted by Crippen LogP contribution is -2.32. The van der Waals surface area contributed by atoms with E-state index in [4.69, 9.17) is 9.93 Å². The number of allylic oxidation sites excluding steroid dienone is 2. The van der Waals surface area contributed by atoms with E-state index in [2.05, 4.69) is 31.2 Å². The van der Waals surface area contributed by atoms with Gasteiger partial charge in [-0.25, -0.2) is 4.98 Å². The summed E-state index contributed by atoms with van der Waals surface area (Å²) in [5.74, 6) is 0.0296. The number of amidine groups is 1. The summed E-state index contributed by atoms with van der Waals surface area (Å²) < 4.78 is 10.5. The minimum Gasteiger partial charge on any atom is -0.492 e. The maximum atomic E-state index is 13.4. The van der Waals surface area contributed by atoms with E-state index in [1.54, 1.807) is 35.2 Å². The van der Waals surface area contributed by atoms with Crippen LogP contribution in [-0.4, -0.2) is 42.0 Å². The smallest absolute Gasteiger partial charge is 0.280 e. The number of carbonyl (C=O) groups excluding carboxylic acids is 1. The van der Waals surface area contributed by atoms with Crippen molar-refractivity contribution in [3.63, 3.8) is 0 Å². The Balaban J connectivity index is 1.54. The summed E-state index contributed by atoms with van der Waals surface area (Å²) in [7, 11) is 0. The molecule has 0 aromatic carbocycles. The van der Waals surface area contributed by atoms with Gasteiger partial charge in [0, 0.05) is 29.9 Å². The Bertz CT molecular complexity index is 1470. The van der Waals surface area contributed by atoms with Crippen LogP contribution >= 0.6 is 11.5 Å². The first kappa shape index (κ1) is 26.8. The maximum absolute atomic E-state index is 13.4. The molecule has 0 aliphatic heterocycles. The Kier molecular flexibility index (Phi) is 8.06. The molecule has 198 valence electrons. The lowest BCUT2D eigenvalue weighted by atomic mass is 10.0. The topological polar surface area (TPSA) is 142 Å². The largest absolute Gasteiger partial charge is 0.492 e. The second kappa shape index (κ2) is 11.4. The molecular formula is C27H31N7O3S.